The molecule has 2 aliphatic carbocycles. The van der Waals surface area contributed by atoms with Crippen molar-refractivity contribution < 1.29 is 33.9 Å². The first-order valence-electron chi connectivity index (χ1n) is 15.0. The Morgan fingerprint density at radius 3 is 2.40 bits per heavy atom. The minimum Gasteiger partial charge on any atom is -0.508 e. The molecule has 0 bridgehead atoms. The molecule has 7 rings (SSSR count). The molecule has 246 valence electrons. The van der Waals surface area contributed by atoms with Crippen molar-refractivity contribution in [2.75, 3.05) is 10.4 Å². The summed E-state index contributed by atoms with van der Waals surface area (Å²) < 4.78 is 5.89. The molecular formula is C34H26BrCl2N3O8. The number of aromatic hydroxyl groups is 1. The molecule has 0 spiro atoms. The number of nitro benzene ring substituents is 1. The Labute approximate surface area is 292 Å². The second kappa shape index (κ2) is 11.7. The van der Waals surface area contributed by atoms with Gasteiger partial charge in [0.05, 0.1) is 27.9 Å². The number of likely N-dealkylation sites (tertiary alicyclic amines) is 1. The lowest BCUT2D eigenvalue weighted by Crippen LogP contribution is -2.60. The van der Waals surface area contributed by atoms with Gasteiger partial charge in [-0.2, -0.15) is 0 Å². The highest BCUT2D eigenvalue weighted by molar-refractivity contribution is 9.09. The van der Waals surface area contributed by atoms with Gasteiger partial charge in [-0.05, 0) is 36.5 Å². The van der Waals surface area contributed by atoms with Gasteiger partial charge < -0.3 is 9.84 Å². The molecule has 48 heavy (non-hydrogen) atoms. The number of phenols is 1. The number of non-ortho nitro benzene ring substituents is 1. The molecule has 14 heteroatoms. The van der Waals surface area contributed by atoms with Crippen molar-refractivity contribution in [3.63, 3.8) is 0 Å². The lowest BCUT2D eigenvalue weighted by atomic mass is 9.56. The highest BCUT2D eigenvalue weighted by atomic mass is 79.9. The Morgan fingerprint density at radius 2 is 1.71 bits per heavy atom. The van der Waals surface area contributed by atoms with Gasteiger partial charge in [0.2, 0.25) is 11.8 Å². The Bertz CT molecular complexity index is 1940. The average Bonchev–Trinajstić information content (AvgIpc) is 3.42. The number of alkyl halides is 3. The molecule has 0 radical (unpaired) electrons. The van der Waals surface area contributed by atoms with E-state index in [4.69, 9.17) is 27.9 Å². The SMILES string of the molecule is O=C1[C@H]2[C@H](CC=C3[C@H]2C[C@@]2(Cl)C(=O)N(CBr)C(=O)[C@@]2(Cl)[C@H]3c2ccc(OCc3ccccc3)cc2O)C(=O)N1c1cccc([N+](=O)[O-])c1. The van der Waals surface area contributed by atoms with Gasteiger partial charge in [-0.15, -0.1) is 23.2 Å². The Hall–Kier alpha value is -4.26. The highest BCUT2D eigenvalue weighted by Crippen LogP contribution is 2.66. The molecule has 1 N–H and O–H groups in total. The number of carbonyl (C=O) groups is 4. The van der Waals surface area contributed by atoms with Crippen LogP contribution in [0.25, 0.3) is 0 Å². The molecular weight excluding hydrogens is 729 g/mol. The number of nitrogens with zero attached hydrogens (tertiary/aromatic N) is 3. The third-order valence-electron chi connectivity index (χ3n) is 9.87. The average molecular weight is 755 g/mol. The summed E-state index contributed by atoms with van der Waals surface area (Å²) in [6.45, 7) is 0.230. The number of carbonyl (C=O) groups excluding carboxylic acids is 4. The van der Waals surface area contributed by atoms with Gasteiger partial charge in [-0.1, -0.05) is 70.0 Å². The topological polar surface area (TPSA) is 147 Å². The summed E-state index contributed by atoms with van der Waals surface area (Å²) in [6, 6.07) is 19.2. The molecule has 0 aromatic heterocycles. The maximum absolute atomic E-state index is 14.2. The predicted molar refractivity (Wildman–Crippen MR) is 178 cm³/mol. The standard InChI is InChI=1S/C34H26BrCl2N3O8/c35-17-38-31(44)33(36)15-25-22(11-12-24-27(25)30(43)39(29(24)42)19-7-4-8-20(13-19)40(46)47)28(34(33,37)32(38)45)23-10-9-21(14-26(23)41)48-16-18-5-2-1-3-6-18/h1-11,13-14,24-25,27-28,41H,12,15-17H2/t24-,25+,27-,28+,33+,34-/m0/s1. The quantitative estimate of drug-likeness (QED) is 0.0796. The minimum atomic E-state index is -2.09. The van der Waals surface area contributed by atoms with E-state index in [9.17, 15) is 34.4 Å². The molecule has 0 unspecified atom stereocenters. The van der Waals surface area contributed by atoms with Gasteiger partial charge in [-0.3, -0.25) is 34.2 Å². The molecule has 3 fully saturated rings. The number of nitro groups is 1. The number of amides is 4. The second-order valence-corrected chi connectivity index (χ2v) is 14.0. The van der Waals surface area contributed by atoms with Gasteiger partial charge in [0.25, 0.3) is 17.5 Å². The molecule has 3 aromatic carbocycles. The van der Waals surface area contributed by atoms with Crippen LogP contribution in [0.3, 0.4) is 0 Å². The second-order valence-electron chi connectivity index (χ2n) is 12.3. The minimum absolute atomic E-state index is 0.0520. The van der Waals surface area contributed by atoms with Gasteiger partial charge in [0.1, 0.15) is 18.1 Å². The van der Waals surface area contributed by atoms with Crippen LogP contribution in [-0.4, -0.2) is 53.8 Å². The van der Waals surface area contributed by atoms with Gasteiger partial charge >= 0.3 is 0 Å². The summed E-state index contributed by atoms with van der Waals surface area (Å²) >= 11 is 17.7. The number of hydrogen-bond donors (Lipinski definition) is 1. The van der Waals surface area contributed by atoms with Crippen molar-refractivity contribution in [3.05, 3.63) is 106 Å². The maximum Gasteiger partial charge on any atom is 0.271 e. The lowest BCUT2D eigenvalue weighted by Gasteiger charge is -2.50. The van der Waals surface area contributed by atoms with E-state index in [1.54, 1.807) is 18.2 Å². The van der Waals surface area contributed by atoms with Crippen LogP contribution in [0.1, 0.15) is 29.9 Å². The Morgan fingerprint density at radius 1 is 0.958 bits per heavy atom. The molecule has 4 amide bonds. The van der Waals surface area contributed by atoms with Gasteiger partial charge in [0.15, 0.2) is 9.75 Å². The van der Waals surface area contributed by atoms with Crippen LogP contribution in [0.15, 0.2) is 84.4 Å². The summed E-state index contributed by atoms with van der Waals surface area (Å²) in [5.74, 6) is -6.46. The zero-order valence-electron chi connectivity index (χ0n) is 24.9. The molecule has 3 aromatic rings. The number of halogens is 3. The number of hydrogen-bond acceptors (Lipinski definition) is 8. The van der Waals surface area contributed by atoms with E-state index in [-0.39, 0.29) is 47.6 Å². The van der Waals surface area contributed by atoms with Crippen molar-refractivity contribution >= 4 is 74.1 Å². The van der Waals surface area contributed by atoms with E-state index >= 15 is 0 Å². The van der Waals surface area contributed by atoms with Gasteiger partial charge in [0, 0.05) is 29.7 Å². The van der Waals surface area contributed by atoms with E-state index in [1.807, 2.05) is 30.3 Å². The van der Waals surface area contributed by atoms with Crippen LogP contribution in [0, 0.1) is 27.9 Å². The van der Waals surface area contributed by atoms with E-state index in [0.29, 0.717) is 11.3 Å². The van der Waals surface area contributed by atoms with Crippen LogP contribution in [-0.2, 0) is 25.8 Å². The molecule has 2 aliphatic heterocycles. The van der Waals surface area contributed by atoms with Crippen LogP contribution >= 0.6 is 39.1 Å². The molecule has 2 saturated heterocycles. The number of allylic oxidation sites excluding steroid dienone is 2. The predicted octanol–water partition coefficient (Wildman–Crippen LogP) is 5.80. The summed E-state index contributed by atoms with van der Waals surface area (Å²) in [5.41, 5.74) is 1.17. The molecule has 4 aliphatic rings. The molecule has 2 heterocycles. The van der Waals surface area contributed by atoms with Crippen molar-refractivity contribution in [3.8, 4) is 11.5 Å². The van der Waals surface area contributed by atoms with E-state index in [2.05, 4.69) is 15.9 Å². The summed E-state index contributed by atoms with van der Waals surface area (Å²) in [6.07, 6.45) is 1.60. The lowest BCUT2D eigenvalue weighted by molar-refractivity contribution is -0.384. The van der Waals surface area contributed by atoms with E-state index in [1.165, 1.54) is 24.3 Å². The normalized spacial score (nSPS) is 29.4. The smallest absolute Gasteiger partial charge is 0.271 e. The number of fused-ring (bicyclic) bond motifs is 4. The molecule has 1 saturated carbocycles. The fourth-order valence-corrected chi connectivity index (χ4v) is 9.11. The first-order valence-corrected chi connectivity index (χ1v) is 16.9. The fourth-order valence-electron chi connectivity index (χ4n) is 7.70. The monoisotopic (exact) mass is 753 g/mol. The summed E-state index contributed by atoms with van der Waals surface area (Å²) in [7, 11) is 0. The Balaban J connectivity index is 1.31. The highest BCUT2D eigenvalue weighted by Gasteiger charge is 2.76. The zero-order chi connectivity index (χ0) is 34.1. The number of phenolic OH excluding ortho intramolecular Hbond substituents is 1. The zero-order valence-corrected chi connectivity index (χ0v) is 28.0. The number of benzene rings is 3. The molecule has 11 nitrogen and oxygen atoms in total. The number of anilines is 1. The summed E-state index contributed by atoms with van der Waals surface area (Å²) in [5, 5.41) is 22.9. The number of rotatable bonds is 7. The van der Waals surface area contributed by atoms with Crippen molar-refractivity contribution in [1.82, 2.24) is 4.90 Å². The van der Waals surface area contributed by atoms with Crippen LogP contribution in [0.4, 0.5) is 11.4 Å². The Kier molecular flexibility index (Phi) is 7.88. The van der Waals surface area contributed by atoms with Crippen molar-refractivity contribution in [1.29, 1.82) is 0 Å². The third-order valence-corrected chi connectivity index (χ3v) is 11.8. The van der Waals surface area contributed by atoms with Crippen LogP contribution < -0.4 is 9.64 Å². The fraction of sp³-hybridized carbons (Fsp3) is 0.294. The first kappa shape index (κ1) is 32.3. The number of imide groups is 2. The largest absolute Gasteiger partial charge is 0.508 e. The number of ether oxygens (including phenoxy) is 1. The third kappa shape index (κ3) is 4.60. The molecule has 6 atom stereocenters. The first-order chi connectivity index (χ1) is 22.9. The van der Waals surface area contributed by atoms with E-state index < -0.39 is 62.0 Å². The van der Waals surface area contributed by atoms with Crippen molar-refractivity contribution in [2.45, 2.75) is 35.1 Å². The summed E-state index contributed by atoms with van der Waals surface area (Å²) in [4.78, 5) is 64.4. The van der Waals surface area contributed by atoms with Gasteiger partial charge in [-0.25, -0.2) is 4.90 Å². The van der Waals surface area contributed by atoms with Crippen molar-refractivity contribution in [2.24, 2.45) is 17.8 Å². The van der Waals surface area contributed by atoms with Crippen LogP contribution in [0.5, 0.6) is 11.5 Å². The van der Waals surface area contributed by atoms with Crippen LogP contribution in [0.2, 0.25) is 0 Å². The van der Waals surface area contributed by atoms with E-state index in [0.717, 1.165) is 21.4 Å². The maximum atomic E-state index is 14.2.